The van der Waals surface area contributed by atoms with E-state index in [0.717, 1.165) is 42.9 Å². The van der Waals surface area contributed by atoms with Crippen molar-refractivity contribution in [1.29, 1.82) is 0 Å². The molecule has 1 N–H and O–H groups in total. The Morgan fingerprint density at radius 1 is 0.906 bits per heavy atom. The van der Waals surface area contributed by atoms with Crippen LogP contribution in [0.1, 0.15) is 36.4 Å². The Balaban J connectivity index is 1.51. The number of hydrogen-bond acceptors (Lipinski definition) is 6. The molecule has 2 aromatic carbocycles. The van der Waals surface area contributed by atoms with E-state index in [1.807, 2.05) is 0 Å². The first-order chi connectivity index (χ1) is 15.8. The molecule has 0 bridgehead atoms. The lowest BCUT2D eigenvalue weighted by atomic mass is 10.1. The van der Waals surface area contributed by atoms with Gasteiger partial charge in [-0.25, -0.2) is 0 Å². The molecule has 0 amide bonds. The molecule has 3 aromatic rings. The minimum Gasteiger partial charge on any atom is -0.377 e. The van der Waals surface area contributed by atoms with Crippen LogP contribution in [0.2, 0.25) is 0 Å². The number of benzene rings is 2. The average Bonchev–Trinajstić information content (AvgIpc) is 2.86. The van der Waals surface area contributed by atoms with E-state index in [4.69, 9.17) is 14.7 Å². The lowest BCUT2D eigenvalue weighted by Crippen LogP contribution is -2.41. The van der Waals surface area contributed by atoms with Gasteiger partial charge in [0.05, 0.1) is 19.3 Å². The van der Waals surface area contributed by atoms with Gasteiger partial charge < -0.3 is 19.9 Å². The second-order valence-electron chi connectivity index (χ2n) is 8.64. The molecule has 2 aliphatic rings. The Kier molecular flexibility index (Phi) is 6.21. The zero-order valence-corrected chi connectivity index (χ0v) is 18.7. The van der Waals surface area contributed by atoms with Gasteiger partial charge in [0, 0.05) is 31.4 Å². The molecular weight excluding hydrogens is 398 g/mol. The van der Waals surface area contributed by atoms with Crippen LogP contribution in [0.25, 0.3) is 0 Å². The number of hydrogen-bond donors (Lipinski definition) is 1. The highest BCUT2D eigenvalue weighted by Gasteiger charge is 2.28. The van der Waals surface area contributed by atoms with Crippen LogP contribution in [-0.2, 0) is 4.74 Å². The molecule has 32 heavy (non-hydrogen) atoms. The lowest BCUT2D eigenvalue weighted by molar-refractivity contribution is 0.0933. The van der Waals surface area contributed by atoms with E-state index in [1.54, 1.807) is 0 Å². The van der Waals surface area contributed by atoms with Crippen LogP contribution in [0.4, 0.5) is 23.3 Å². The third kappa shape index (κ3) is 4.70. The minimum atomic E-state index is 0.105. The van der Waals surface area contributed by atoms with Crippen LogP contribution in [-0.4, -0.2) is 42.8 Å². The Hall–Kier alpha value is -3.12. The zero-order chi connectivity index (χ0) is 21.8. The summed E-state index contributed by atoms with van der Waals surface area (Å²) in [4.78, 5) is 14.7. The van der Waals surface area contributed by atoms with Crippen molar-refractivity contribution in [1.82, 2.24) is 9.97 Å². The summed E-state index contributed by atoms with van der Waals surface area (Å²) >= 11 is 0. The molecule has 1 unspecified atom stereocenters. The molecule has 0 aliphatic carbocycles. The number of nitrogens with zero attached hydrogens (tertiary/aromatic N) is 4. The van der Waals surface area contributed by atoms with Gasteiger partial charge in [0.25, 0.3) is 0 Å². The number of aryl methyl sites for hydroxylation is 1. The number of anilines is 4. The summed E-state index contributed by atoms with van der Waals surface area (Å²) in [6.07, 6.45) is 3.72. The van der Waals surface area contributed by atoms with Gasteiger partial charge in [0.1, 0.15) is 11.6 Å². The van der Waals surface area contributed by atoms with E-state index in [9.17, 15) is 0 Å². The van der Waals surface area contributed by atoms with Crippen molar-refractivity contribution in [3.8, 4) is 0 Å². The van der Waals surface area contributed by atoms with Crippen LogP contribution in [0.15, 0.2) is 60.7 Å². The first-order valence-corrected chi connectivity index (χ1v) is 11.6. The van der Waals surface area contributed by atoms with Crippen molar-refractivity contribution in [2.24, 2.45) is 0 Å². The largest absolute Gasteiger partial charge is 0.377 e. The van der Waals surface area contributed by atoms with E-state index in [0.29, 0.717) is 13.2 Å². The van der Waals surface area contributed by atoms with Crippen molar-refractivity contribution < 1.29 is 4.74 Å². The highest BCUT2D eigenvalue weighted by atomic mass is 16.5. The molecule has 2 fully saturated rings. The second kappa shape index (κ2) is 9.57. The van der Waals surface area contributed by atoms with Gasteiger partial charge in [0.15, 0.2) is 0 Å². The summed E-state index contributed by atoms with van der Waals surface area (Å²) in [5.41, 5.74) is 3.51. The maximum absolute atomic E-state index is 5.85. The maximum Gasteiger partial charge on any atom is 0.229 e. The molecule has 166 valence electrons. The normalized spacial score (nSPS) is 19.1. The quantitative estimate of drug-likeness (QED) is 0.609. The first kappa shape index (κ1) is 20.8. The predicted octanol–water partition coefficient (Wildman–Crippen LogP) is 5.10. The van der Waals surface area contributed by atoms with Crippen LogP contribution in [0.3, 0.4) is 0 Å². The molecule has 2 saturated heterocycles. The van der Waals surface area contributed by atoms with E-state index in [1.165, 1.54) is 30.4 Å². The first-order valence-electron chi connectivity index (χ1n) is 11.6. The molecule has 3 heterocycles. The second-order valence-corrected chi connectivity index (χ2v) is 8.64. The number of nitrogens with one attached hydrogen (secondary N) is 1. The summed E-state index contributed by atoms with van der Waals surface area (Å²) in [6.45, 7) is 6.29. The van der Waals surface area contributed by atoms with Crippen LogP contribution in [0.5, 0.6) is 0 Å². The molecule has 1 aromatic heterocycles. The number of rotatable bonds is 5. The third-order valence-corrected chi connectivity index (χ3v) is 6.27. The van der Waals surface area contributed by atoms with Gasteiger partial charge in [-0.15, -0.1) is 0 Å². The summed E-state index contributed by atoms with van der Waals surface area (Å²) in [7, 11) is 0. The molecule has 0 radical (unpaired) electrons. The topological polar surface area (TPSA) is 53.5 Å². The summed E-state index contributed by atoms with van der Waals surface area (Å²) in [6, 6.07) is 21.1. The Labute approximate surface area is 190 Å². The van der Waals surface area contributed by atoms with E-state index < -0.39 is 0 Å². The SMILES string of the molecule is Cc1ccc(Nc2cc(N3CCCCC3)nc(N3CCOCC3c3ccccc3)n2)cc1. The van der Waals surface area contributed by atoms with Crippen LogP contribution in [0, 0.1) is 6.92 Å². The molecular formula is C26H31N5O. The van der Waals surface area contributed by atoms with Gasteiger partial charge in [-0.1, -0.05) is 48.0 Å². The van der Waals surface area contributed by atoms with E-state index in [2.05, 4.69) is 82.7 Å². The predicted molar refractivity (Wildman–Crippen MR) is 130 cm³/mol. The lowest BCUT2D eigenvalue weighted by Gasteiger charge is -2.37. The minimum absolute atomic E-state index is 0.105. The third-order valence-electron chi connectivity index (χ3n) is 6.27. The van der Waals surface area contributed by atoms with Gasteiger partial charge in [-0.2, -0.15) is 9.97 Å². The monoisotopic (exact) mass is 429 g/mol. The molecule has 0 saturated carbocycles. The Morgan fingerprint density at radius 2 is 1.69 bits per heavy atom. The fourth-order valence-electron chi connectivity index (χ4n) is 4.48. The summed E-state index contributed by atoms with van der Waals surface area (Å²) in [5, 5.41) is 3.51. The molecule has 1 atom stereocenters. The molecule has 5 rings (SSSR count). The van der Waals surface area contributed by atoms with E-state index in [-0.39, 0.29) is 6.04 Å². The number of morpholine rings is 1. The molecule has 0 spiro atoms. The number of aromatic nitrogens is 2. The highest BCUT2D eigenvalue weighted by Crippen LogP contribution is 2.31. The van der Waals surface area contributed by atoms with Crippen molar-refractivity contribution in [3.63, 3.8) is 0 Å². The zero-order valence-electron chi connectivity index (χ0n) is 18.7. The van der Waals surface area contributed by atoms with E-state index >= 15 is 0 Å². The Morgan fingerprint density at radius 3 is 2.47 bits per heavy atom. The Bertz CT molecular complexity index is 1020. The maximum atomic E-state index is 5.85. The molecule has 6 heteroatoms. The molecule has 2 aliphatic heterocycles. The smallest absolute Gasteiger partial charge is 0.229 e. The number of piperidine rings is 1. The standard InChI is InChI=1S/C26H31N5O/c1-20-10-12-22(13-11-20)27-24-18-25(30-14-6-3-7-15-30)29-26(28-24)31-16-17-32-19-23(31)21-8-4-2-5-9-21/h2,4-5,8-13,18,23H,3,6-7,14-17,19H2,1H3,(H,27,28,29). The average molecular weight is 430 g/mol. The van der Waals surface area contributed by atoms with Gasteiger partial charge in [-0.05, 0) is 43.9 Å². The van der Waals surface area contributed by atoms with Crippen molar-refractivity contribution in [2.45, 2.75) is 32.2 Å². The van der Waals surface area contributed by atoms with Crippen LogP contribution >= 0.6 is 0 Å². The van der Waals surface area contributed by atoms with Crippen LogP contribution < -0.4 is 15.1 Å². The summed E-state index contributed by atoms with van der Waals surface area (Å²) < 4.78 is 5.85. The van der Waals surface area contributed by atoms with Gasteiger partial charge >= 0.3 is 0 Å². The highest BCUT2D eigenvalue weighted by molar-refractivity contribution is 5.62. The van der Waals surface area contributed by atoms with Crippen molar-refractivity contribution >= 4 is 23.3 Å². The van der Waals surface area contributed by atoms with Crippen molar-refractivity contribution in [2.75, 3.05) is 48.0 Å². The van der Waals surface area contributed by atoms with Gasteiger partial charge in [-0.3, -0.25) is 0 Å². The fraction of sp³-hybridized carbons (Fsp3) is 0.385. The fourth-order valence-corrected chi connectivity index (χ4v) is 4.48. The van der Waals surface area contributed by atoms with Gasteiger partial charge in [0.2, 0.25) is 5.95 Å². The number of ether oxygens (including phenoxy) is 1. The van der Waals surface area contributed by atoms with Crippen molar-refractivity contribution in [3.05, 3.63) is 71.8 Å². The summed E-state index contributed by atoms with van der Waals surface area (Å²) in [5.74, 6) is 2.60. The molecule has 6 nitrogen and oxygen atoms in total.